The lowest BCUT2D eigenvalue weighted by Crippen LogP contribution is -2.44. The second-order valence-electron chi connectivity index (χ2n) is 4.57. The number of rotatable bonds is 4. The maximum absolute atomic E-state index is 12.3. The van der Waals surface area contributed by atoms with Crippen LogP contribution in [0.2, 0.25) is 0 Å². The average molecular weight is 306 g/mol. The van der Waals surface area contributed by atoms with Crippen LogP contribution in [0.25, 0.3) is 0 Å². The van der Waals surface area contributed by atoms with Gasteiger partial charge in [-0.1, -0.05) is 6.07 Å². The van der Waals surface area contributed by atoms with Crippen molar-refractivity contribution in [3.8, 4) is 0 Å². The van der Waals surface area contributed by atoms with Crippen LogP contribution in [0.15, 0.2) is 24.4 Å². The highest BCUT2D eigenvalue weighted by Crippen LogP contribution is 2.16. The fraction of sp³-hybridized carbons (Fsp3) is 0.583. The van der Waals surface area contributed by atoms with Crippen LogP contribution in [-0.4, -0.2) is 43.9 Å². The summed E-state index contributed by atoms with van der Waals surface area (Å²) in [5, 5.41) is 3.24. The van der Waals surface area contributed by atoms with E-state index in [9.17, 15) is 8.42 Å². The Kier molecular flexibility index (Phi) is 6.19. The lowest BCUT2D eigenvalue weighted by molar-refractivity contribution is 0.296. The molecule has 0 atom stereocenters. The average Bonchev–Trinajstić information content (AvgIpc) is 2.39. The third-order valence-electron chi connectivity index (χ3n) is 3.32. The number of piperidine rings is 1. The smallest absolute Gasteiger partial charge is 0.219 e. The van der Waals surface area contributed by atoms with Crippen molar-refractivity contribution in [2.24, 2.45) is 0 Å². The van der Waals surface area contributed by atoms with Gasteiger partial charge in [0, 0.05) is 19.3 Å². The summed E-state index contributed by atoms with van der Waals surface area (Å²) in [6.07, 6.45) is 3.37. The van der Waals surface area contributed by atoms with E-state index in [4.69, 9.17) is 0 Å². The molecule has 1 fully saturated rings. The van der Waals surface area contributed by atoms with Crippen LogP contribution in [0, 0.1) is 0 Å². The number of nitrogens with zero attached hydrogens (tertiary/aromatic N) is 2. The zero-order chi connectivity index (χ0) is 13.0. The van der Waals surface area contributed by atoms with E-state index in [0.717, 1.165) is 25.9 Å². The largest absolute Gasteiger partial charge is 0.317 e. The molecule has 0 spiro atoms. The van der Waals surface area contributed by atoms with E-state index in [-0.39, 0.29) is 24.2 Å². The van der Waals surface area contributed by atoms with E-state index in [0.29, 0.717) is 5.69 Å². The Bertz CT molecular complexity index is 475. The second kappa shape index (κ2) is 7.19. The van der Waals surface area contributed by atoms with Gasteiger partial charge < -0.3 is 5.32 Å². The molecule has 0 amide bonds. The third-order valence-corrected chi connectivity index (χ3v) is 5.15. The van der Waals surface area contributed by atoms with Crippen LogP contribution in [0.3, 0.4) is 0 Å². The highest BCUT2D eigenvalue weighted by Gasteiger charge is 2.27. The summed E-state index contributed by atoms with van der Waals surface area (Å²) in [6.45, 7) is 1.77. The van der Waals surface area contributed by atoms with Gasteiger partial charge in [0.2, 0.25) is 10.0 Å². The number of aromatic nitrogens is 1. The van der Waals surface area contributed by atoms with Gasteiger partial charge in [0.25, 0.3) is 0 Å². The summed E-state index contributed by atoms with van der Waals surface area (Å²) in [5.41, 5.74) is 0.596. The molecule has 1 aromatic heterocycles. The molecule has 1 aliphatic rings. The predicted octanol–water partition coefficient (Wildman–Crippen LogP) is 1.02. The van der Waals surface area contributed by atoms with Gasteiger partial charge in [0.05, 0.1) is 5.69 Å². The maximum Gasteiger partial charge on any atom is 0.219 e. The van der Waals surface area contributed by atoms with E-state index >= 15 is 0 Å². The van der Waals surface area contributed by atoms with E-state index in [1.807, 2.05) is 6.07 Å². The van der Waals surface area contributed by atoms with Gasteiger partial charge in [-0.05, 0) is 38.1 Å². The van der Waals surface area contributed by atoms with Gasteiger partial charge >= 0.3 is 0 Å². The summed E-state index contributed by atoms with van der Waals surface area (Å²) >= 11 is 0. The summed E-state index contributed by atoms with van der Waals surface area (Å²) in [6, 6.07) is 5.45. The molecule has 0 bridgehead atoms. The molecule has 1 aromatic rings. The van der Waals surface area contributed by atoms with Crippen LogP contribution in [0.1, 0.15) is 18.5 Å². The molecule has 19 heavy (non-hydrogen) atoms. The van der Waals surface area contributed by atoms with E-state index in [2.05, 4.69) is 10.3 Å². The minimum atomic E-state index is -3.27. The van der Waals surface area contributed by atoms with Crippen molar-refractivity contribution in [1.29, 1.82) is 0 Å². The lowest BCUT2D eigenvalue weighted by Gasteiger charge is -2.30. The second-order valence-corrected chi connectivity index (χ2v) is 6.60. The highest BCUT2D eigenvalue weighted by atomic mass is 35.5. The topological polar surface area (TPSA) is 62.3 Å². The molecule has 2 heterocycles. The number of sulfonamides is 1. The first-order valence-electron chi connectivity index (χ1n) is 6.16. The Hall–Kier alpha value is -0.690. The zero-order valence-electron chi connectivity index (χ0n) is 10.9. The minimum absolute atomic E-state index is 0. The number of halogens is 1. The first kappa shape index (κ1) is 16.4. The molecule has 0 aliphatic carbocycles. The highest BCUT2D eigenvalue weighted by molar-refractivity contribution is 7.88. The summed E-state index contributed by atoms with van der Waals surface area (Å²) < 4.78 is 26.0. The zero-order valence-corrected chi connectivity index (χ0v) is 12.6. The van der Waals surface area contributed by atoms with Gasteiger partial charge in [-0.2, -0.15) is 0 Å². The fourth-order valence-electron chi connectivity index (χ4n) is 2.17. The Morgan fingerprint density at radius 1 is 1.37 bits per heavy atom. The van der Waals surface area contributed by atoms with Gasteiger partial charge in [0.15, 0.2) is 0 Å². The molecule has 108 valence electrons. The molecule has 1 aliphatic heterocycles. The number of hydrogen-bond donors (Lipinski definition) is 1. The number of nitrogens with one attached hydrogen (secondary N) is 1. The fourth-order valence-corrected chi connectivity index (χ4v) is 3.58. The molecule has 0 unspecified atom stereocenters. The molecule has 7 heteroatoms. The molecule has 0 radical (unpaired) electrons. The molecule has 5 nitrogen and oxygen atoms in total. The van der Waals surface area contributed by atoms with Crippen molar-refractivity contribution in [2.75, 3.05) is 20.1 Å². The molecule has 0 saturated carbocycles. The first-order valence-corrected chi connectivity index (χ1v) is 7.77. The van der Waals surface area contributed by atoms with Gasteiger partial charge in [0.1, 0.15) is 5.75 Å². The lowest BCUT2D eigenvalue weighted by atomic mass is 10.1. The van der Waals surface area contributed by atoms with E-state index in [1.165, 1.54) is 4.31 Å². The summed E-state index contributed by atoms with van der Waals surface area (Å²) in [5.74, 6) is -0.0196. The molecule has 2 rings (SSSR count). The Morgan fingerprint density at radius 2 is 2.05 bits per heavy atom. The van der Waals surface area contributed by atoms with Crippen molar-refractivity contribution >= 4 is 22.4 Å². The predicted molar refractivity (Wildman–Crippen MR) is 77.8 cm³/mol. The number of hydrogen-bond acceptors (Lipinski definition) is 4. The van der Waals surface area contributed by atoms with Gasteiger partial charge in [-0.15, -0.1) is 12.4 Å². The first-order chi connectivity index (χ1) is 8.59. The van der Waals surface area contributed by atoms with Crippen molar-refractivity contribution in [3.63, 3.8) is 0 Å². The number of pyridine rings is 1. The SMILES string of the molecule is CN(C1CCNCC1)S(=O)(=O)Cc1ccccn1.Cl. The molecule has 1 N–H and O–H groups in total. The van der Waals surface area contributed by atoms with E-state index < -0.39 is 10.0 Å². The Labute approximate surface area is 120 Å². The third kappa shape index (κ3) is 4.42. The molecule has 0 aromatic carbocycles. The van der Waals surface area contributed by atoms with Crippen LogP contribution in [0.5, 0.6) is 0 Å². The van der Waals surface area contributed by atoms with Crippen LogP contribution < -0.4 is 5.32 Å². The Balaban J connectivity index is 0.00000180. The van der Waals surface area contributed by atoms with E-state index in [1.54, 1.807) is 25.4 Å². The molecular weight excluding hydrogens is 286 g/mol. The minimum Gasteiger partial charge on any atom is -0.317 e. The summed E-state index contributed by atoms with van der Waals surface area (Å²) in [7, 11) is -1.60. The van der Waals surface area contributed by atoms with Crippen LogP contribution in [0.4, 0.5) is 0 Å². The van der Waals surface area contributed by atoms with Crippen LogP contribution in [-0.2, 0) is 15.8 Å². The standard InChI is InChI=1S/C12H19N3O2S.ClH/c1-15(12-5-8-13-9-6-12)18(16,17)10-11-4-2-3-7-14-11;/h2-4,7,12-13H,5-6,8-10H2,1H3;1H. The van der Waals surface area contributed by atoms with Crippen molar-refractivity contribution in [3.05, 3.63) is 30.1 Å². The van der Waals surface area contributed by atoms with Crippen LogP contribution >= 0.6 is 12.4 Å². The maximum atomic E-state index is 12.3. The summed E-state index contributed by atoms with van der Waals surface area (Å²) in [4.78, 5) is 4.07. The monoisotopic (exact) mass is 305 g/mol. The Morgan fingerprint density at radius 3 is 2.63 bits per heavy atom. The quantitative estimate of drug-likeness (QED) is 0.902. The van der Waals surface area contributed by atoms with Gasteiger partial charge in [-0.3, -0.25) is 4.98 Å². The van der Waals surface area contributed by atoms with Crippen molar-refractivity contribution in [2.45, 2.75) is 24.6 Å². The molecule has 1 saturated heterocycles. The van der Waals surface area contributed by atoms with Crippen molar-refractivity contribution < 1.29 is 8.42 Å². The normalized spacial score (nSPS) is 17.2. The van der Waals surface area contributed by atoms with Gasteiger partial charge in [-0.25, -0.2) is 12.7 Å². The van der Waals surface area contributed by atoms with Crippen molar-refractivity contribution in [1.82, 2.24) is 14.6 Å². The molecular formula is C12H20ClN3O2S.